The highest BCUT2D eigenvalue weighted by molar-refractivity contribution is 5.81. The van der Waals surface area contributed by atoms with E-state index in [1.165, 1.54) is 0 Å². The first-order chi connectivity index (χ1) is 7.24. The SMILES string of the molecule is CCCC[C@H](N)C(=O)NCC1CCOC1. The Morgan fingerprint density at radius 2 is 2.47 bits per heavy atom. The molecule has 1 amide bonds. The highest BCUT2D eigenvalue weighted by Crippen LogP contribution is 2.10. The molecule has 15 heavy (non-hydrogen) atoms. The quantitative estimate of drug-likeness (QED) is 0.682. The standard InChI is InChI=1S/C11H22N2O2/c1-2-3-4-10(12)11(14)13-7-9-5-6-15-8-9/h9-10H,2-8,12H2,1H3,(H,13,14)/t9?,10-/m0/s1. The Kier molecular flexibility index (Phi) is 5.65. The molecule has 1 fully saturated rings. The molecule has 0 spiro atoms. The predicted octanol–water partition coefficient (Wildman–Crippen LogP) is 0.657. The molecule has 1 heterocycles. The lowest BCUT2D eigenvalue weighted by Gasteiger charge is -2.13. The molecule has 4 heteroatoms. The molecule has 88 valence electrons. The third-order valence-corrected chi connectivity index (χ3v) is 2.79. The van der Waals surface area contributed by atoms with Crippen LogP contribution >= 0.6 is 0 Å². The van der Waals surface area contributed by atoms with Crippen LogP contribution in [-0.2, 0) is 9.53 Å². The van der Waals surface area contributed by atoms with E-state index < -0.39 is 0 Å². The molecule has 1 unspecified atom stereocenters. The van der Waals surface area contributed by atoms with Crippen LogP contribution in [0, 0.1) is 5.92 Å². The topological polar surface area (TPSA) is 64.4 Å². The minimum atomic E-state index is -0.340. The largest absolute Gasteiger partial charge is 0.381 e. The van der Waals surface area contributed by atoms with Crippen molar-refractivity contribution in [2.45, 2.75) is 38.6 Å². The Balaban J connectivity index is 2.11. The second-order valence-electron chi connectivity index (χ2n) is 4.22. The first-order valence-electron chi connectivity index (χ1n) is 5.85. The van der Waals surface area contributed by atoms with Crippen molar-refractivity contribution in [2.24, 2.45) is 11.7 Å². The number of rotatable bonds is 6. The van der Waals surface area contributed by atoms with Crippen molar-refractivity contribution in [1.29, 1.82) is 0 Å². The lowest BCUT2D eigenvalue weighted by Crippen LogP contribution is -2.42. The molecule has 1 aliphatic rings. The summed E-state index contributed by atoms with van der Waals surface area (Å²) in [5.74, 6) is 0.461. The van der Waals surface area contributed by atoms with Gasteiger partial charge in [0.25, 0.3) is 0 Å². The molecule has 2 atom stereocenters. The summed E-state index contributed by atoms with van der Waals surface area (Å²) < 4.78 is 5.23. The maximum Gasteiger partial charge on any atom is 0.236 e. The van der Waals surface area contributed by atoms with Gasteiger partial charge in [0.2, 0.25) is 5.91 Å². The number of hydrogen-bond donors (Lipinski definition) is 2. The van der Waals surface area contributed by atoms with Gasteiger partial charge in [0.05, 0.1) is 12.6 Å². The summed E-state index contributed by atoms with van der Waals surface area (Å²) >= 11 is 0. The summed E-state index contributed by atoms with van der Waals surface area (Å²) in [4.78, 5) is 11.5. The molecule has 0 aromatic heterocycles. The fourth-order valence-electron chi connectivity index (χ4n) is 1.68. The van der Waals surface area contributed by atoms with Crippen molar-refractivity contribution in [3.05, 3.63) is 0 Å². The van der Waals surface area contributed by atoms with E-state index in [1.807, 2.05) is 0 Å². The third kappa shape index (κ3) is 4.62. The van der Waals surface area contributed by atoms with Gasteiger partial charge in [-0.05, 0) is 12.8 Å². The Bertz CT molecular complexity index is 191. The summed E-state index contributed by atoms with van der Waals surface area (Å²) in [6.07, 6.45) is 3.92. The molecule has 0 saturated carbocycles. The van der Waals surface area contributed by atoms with Crippen LogP contribution < -0.4 is 11.1 Å². The lowest BCUT2D eigenvalue weighted by molar-refractivity contribution is -0.122. The van der Waals surface area contributed by atoms with Gasteiger partial charge in [-0.1, -0.05) is 19.8 Å². The van der Waals surface area contributed by atoms with Gasteiger partial charge in [0.1, 0.15) is 0 Å². The van der Waals surface area contributed by atoms with E-state index in [-0.39, 0.29) is 11.9 Å². The fourth-order valence-corrected chi connectivity index (χ4v) is 1.68. The molecule has 1 aliphatic heterocycles. The molecule has 4 nitrogen and oxygen atoms in total. The smallest absolute Gasteiger partial charge is 0.236 e. The van der Waals surface area contributed by atoms with Gasteiger partial charge in [0, 0.05) is 19.1 Å². The molecule has 0 radical (unpaired) electrons. The van der Waals surface area contributed by atoms with Crippen LogP contribution in [0.2, 0.25) is 0 Å². The van der Waals surface area contributed by atoms with Crippen molar-refractivity contribution in [3.63, 3.8) is 0 Å². The Morgan fingerprint density at radius 1 is 1.67 bits per heavy atom. The molecule has 1 saturated heterocycles. The number of unbranched alkanes of at least 4 members (excludes halogenated alkanes) is 1. The fraction of sp³-hybridized carbons (Fsp3) is 0.909. The van der Waals surface area contributed by atoms with Crippen LogP contribution in [0.15, 0.2) is 0 Å². The predicted molar refractivity (Wildman–Crippen MR) is 59.4 cm³/mol. The Hall–Kier alpha value is -0.610. The van der Waals surface area contributed by atoms with Gasteiger partial charge < -0.3 is 15.8 Å². The van der Waals surface area contributed by atoms with Gasteiger partial charge in [0.15, 0.2) is 0 Å². The van der Waals surface area contributed by atoms with Crippen molar-refractivity contribution < 1.29 is 9.53 Å². The maximum absolute atomic E-state index is 11.5. The average molecular weight is 214 g/mol. The van der Waals surface area contributed by atoms with Crippen LogP contribution in [0.25, 0.3) is 0 Å². The first kappa shape index (κ1) is 12.5. The Labute approximate surface area is 91.5 Å². The van der Waals surface area contributed by atoms with Crippen LogP contribution in [0.5, 0.6) is 0 Å². The number of amides is 1. The molecular formula is C11H22N2O2. The molecule has 3 N–H and O–H groups in total. The van der Waals surface area contributed by atoms with E-state index in [4.69, 9.17) is 10.5 Å². The van der Waals surface area contributed by atoms with E-state index in [0.29, 0.717) is 12.5 Å². The lowest BCUT2D eigenvalue weighted by atomic mass is 10.1. The minimum Gasteiger partial charge on any atom is -0.381 e. The van der Waals surface area contributed by atoms with Gasteiger partial charge in [-0.25, -0.2) is 0 Å². The van der Waals surface area contributed by atoms with Crippen molar-refractivity contribution in [3.8, 4) is 0 Å². The second kappa shape index (κ2) is 6.80. The van der Waals surface area contributed by atoms with Crippen LogP contribution in [0.1, 0.15) is 32.6 Å². The zero-order valence-electron chi connectivity index (χ0n) is 9.50. The maximum atomic E-state index is 11.5. The van der Waals surface area contributed by atoms with E-state index in [0.717, 1.165) is 38.9 Å². The molecular weight excluding hydrogens is 192 g/mol. The summed E-state index contributed by atoms with van der Waals surface area (Å²) in [5.41, 5.74) is 5.74. The zero-order valence-corrected chi connectivity index (χ0v) is 9.50. The number of carbonyl (C=O) groups excluding carboxylic acids is 1. The van der Waals surface area contributed by atoms with Crippen LogP contribution in [0.4, 0.5) is 0 Å². The molecule has 0 bridgehead atoms. The number of hydrogen-bond acceptors (Lipinski definition) is 3. The third-order valence-electron chi connectivity index (χ3n) is 2.79. The number of nitrogens with one attached hydrogen (secondary N) is 1. The highest BCUT2D eigenvalue weighted by Gasteiger charge is 2.18. The molecule has 0 aliphatic carbocycles. The highest BCUT2D eigenvalue weighted by atomic mass is 16.5. The Morgan fingerprint density at radius 3 is 3.07 bits per heavy atom. The monoisotopic (exact) mass is 214 g/mol. The van der Waals surface area contributed by atoms with Crippen LogP contribution in [-0.4, -0.2) is 31.7 Å². The van der Waals surface area contributed by atoms with E-state index in [9.17, 15) is 4.79 Å². The second-order valence-corrected chi connectivity index (χ2v) is 4.22. The van der Waals surface area contributed by atoms with Crippen molar-refractivity contribution in [1.82, 2.24) is 5.32 Å². The van der Waals surface area contributed by atoms with E-state index >= 15 is 0 Å². The summed E-state index contributed by atoms with van der Waals surface area (Å²) in [5, 5.41) is 2.89. The van der Waals surface area contributed by atoms with Gasteiger partial charge >= 0.3 is 0 Å². The molecule has 1 rings (SSSR count). The van der Waals surface area contributed by atoms with Crippen molar-refractivity contribution in [2.75, 3.05) is 19.8 Å². The van der Waals surface area contributed by atoms with E-state index in [2.05, 4.69) is 12.2 Å². The normalized spacial score (nSPS) is 22.7. The number of nitrogens with two attached hydrogens (primary N) is 1. The molecule has 0 aromatic carbocycles. The van der Waals surface area contributed by atoms with Crippen LogP contribution in [0.3, 0.4) is 0 Å². The number of ether oxygens (including phenoxy) is 1. The summed E-state index contributed by atoms with van der Waals surface area (Å²) in [6.45, 7) is 4.39. The van der Waals surface area contributed by atoms with Gasteiger partial charge in [-0.3, -0.25) is 4.79 Å². The average Bonchev–Trinajstić information content (AvgIpc) is 2.75. The van der Waals surface area contributed by atoms with Gasteiger partial charge in [-0.15, -0.1) is 0 Å². The number of carbonyl (C=O) groups is 1. The van der Waals surface area contributed by atoms with Crippen molar-refractivity contribution >= 4 is 5.91 Å². The van der Waals surface area contributed by atoms with Gasteiger partial charge in [-0.2, -0.15) is 0 Å². The van der Waals surface area contributed by atoms with E-state index in [1.54, 1.807) is 0 Å². The zero-order chi connectivity index (χ0) is 11.1. The minimum absolute atomic E-state index is 0.0182. The first-order valence-corrected chi connectivity index (χ1v) is 5.85. The summed E-state index contributed by atoms with van der Waals surface area (Å²) in [6, 6.07) is -0.340. The summed E-state index contributed by atoms with van der Waals surface area (Å²) in [7, 11) is 0. The molecule has 0 aromatic rings.